The maximum absolute atomic E-state index is 9.48. The molecule has 2 aliphatic heterocycles. The Labute approximate surface area is 76.3 Å². The molecule has 0 aromatic heterocycles. The van der Waals surface area contributed by atoms with Crippen LogP contribution >= 0.6 is 12.2 Å². The minimum absolute atomic E-state index is 0.0394. The molecule has 0 aromatic rings. The summed E-state index contributed by atoms with van der Waals surface area (Å²) in [7, 11) is 0. The van der Waals surface area contributed by atoms with Gasteiger partial charge in [0.05, 0.1) is 18.8 Å². The van der Waals surface area contributed by atoms with Crippen LogP contribution in [0, 0.1) is 0 Å². The number of hydrogen-bond acceptors (Lipinski definition) is 3. The first-order chi connectivity index (χ1) is 5.59. The molecule has 2 aliphatic rings. The molecule has 2 rings (SSSR count). The summed E-state index contributed by atoms with van der Waals surface area (Å²) in [6, 6.07) is 0.0394. The number of aliphatic hydroxyl groups is 1. The van der Waals surface area contributed by atoms with Gasteiger partial charge in [-0.1, -0.05) is 0 Å². The molecule has 0 spiro atoms. The molecule has 3 N–H and O–H groups in total. The average Bonchev–Trinajstić information content (AvgIpc) is 1.96. The first kappa shape index (κ1) is 8.22. The lowest BCUT2D eigenvalue weighted by Gasteiger charge is -2.46. The van der Waals surface area contributed by atoms with Gasteiger partial charge in [-0.05, 0) is 19.1 Å². The minimum Gasteiger partial charge on any atom is -0.389 e. The van der Waals surface area contributed by atoms with E-state index in [1.54, 1.807) is 0 Å². The molecule has 4 nitrogen and oxygen atoms in total. The van der Waals surface area contributed by atoms with Crippen molar-refractivity contribution < 1.29 is 9.84 Å². The summed E-state index contributed by atoms with van der Waals surface area (Å²) in [4.78, 5) is 0. The molecule has 0 aromatic carbocycles. The number of ether oxygens (including phenoxy) is 1. The zero-order chi connectivity index (χ0) is 8.77. The van der Waals surface area contributed by atoms with Crippen molar-refractivity contribution >= 4 is 17.3 Å². The number of hydrogen-bond donors (Lipinski definition) is 3. The van der Waals surface area contributed by atoms with Crippen LogP contribution in [0.4, 0.5) is 0 Å². The van der Waals surface area contributed by atoms with Crippen LogP contribution in [0.15, 0.2) is 0 Å². The highest BCUT2D eigenvalue weighted by molar-refractivity contribution is 7.80. The predicted octanol–water partition coefficient (Wildman–Crippen LogP) is -0.670. The summed E-state index contributed by atoms with van der Waals surface area (Å²) in [6.45, 7) is 2.31. The van der Waals surface area contributed by atoms with Gasteiger partial charge in [0, 0.05) is 6.42 Å². The monoisotopic (exact) mass is 188 g/mol. The highest BCUT2D eigenvalue weighted by Gasteiger charge is 2.42. The second-order valence-corrected chi connectivity index (χ2v) is 3.93. The molecule has 2 fully saturated rings. The van der Waals surface area contributed by atoms with Crippen LogP contribution in [-0.2, 0) is 4.74 Å². The first-order valence-electron chi connectivity index (χ1n) is 4.00. The Bertz CT molecular complexity index is 223. The largest absolute Gasteiger partial charge is 0.389 e. The second kappa shape index (κ2) is 2.55. The third-order valence-corrected chi connectivity index (χ3v) is 2.56. The van der Waals surface area contributed by atoms with Crippen molar-refractivity contribution in [1.29, 1.82) is 0 Å². The van der Waals surface area contributed by atoms with Crippen molar-refractivity contribution in [1.82, 2.24) is 10.6 Å². The third-order valence-electron chi connectivity index (χ3n) is 2.34. The minimum atomic E-state index is -0.446. The van der Waals surface area contributed by atoms with E-state index in [1.165, 1.54) is 0 Å². The molecule has 0 saturated carbocycles. The number of fused-ring (bicyclic) bond motifs is 2. The first-order valence-corrected chi connectivity index (χ1v) is 4.41. The lowest BCUT2D eigenvalue weighted by atomic mass is 9.95. The predicted molar refractivity (Wildman–Crippen MR) is 47.6 cm³/mol. The number of thiocarbonyl (C=S) groups is 1. The van der Waals surface area contributed by atoms with Gasteiger partial charge in [0.25, 0.3) is 0 Å². The Morgan fingerprint density at radius 1 is 1.75 bits per heavy atom. The average molecular weight is 188 g/mol. The molecule has 0 radical (unpaired) electrons. The lowest BCUT2D eigenvalue weighted by molar-refractivity contribution is -0.141. The van der Waals surface area contributed by atoms with E-state index in [9.17, 15) is 5.11 Å². The lowest BCUT2D eigenvalue weighted by Crippen LogP contribution is -2.68. The second-order valence-electron chi connectivity index (χ2n) is 3.52. The van der Waals surface area contributed by atoms with E-state index in [0.717, 1.165) is 6.42 Å². The Kier molecular flexibility index (Phi) is 1.75. The van der Waals surface area contributed by atoms with Crippen molar-refractivity contribution in [3.05, 3.63) is 0 Å². The fraction of sp³-hybridized carbons (Fsp3) is 0.857. The molecule has 12 heavy (non-hydrogen) atoms. The van der Waals surface area contributed by atoms with Crippen molar-refractivity contribution in [3.8, 4) is 0 Å². The van der Waals surface area contributed by atoms with E-state index in [1.807, 2.05) is 6.92 Å². The van der Waals surface area contributed by atoms with E-state index >= 15 is 0 Å². The normalized spacial score (nSPS) is 46.3. The van der Waals surface area contributed by atoms with Gasteiger partial charge in [-0.25, -0.2) is 0 Å². The molecule has 2 bridgehead atoms. The smallest absolute Gasteiger partial charge is 0.168 e. The van der Waals surface area contributed by atoms with Gasteiger partial charge in [-0.2, -0.15) is 0 Å². The molecule has 3 atom stereocenters. The summed E-state index contributed by atoms with van der Waals surface area (Å²) in [5, 5.41) is 16.1. The zero-order valence-corrected chi connectivity index (χ0v) is 7.65. The summed E-state index contributed by atoms with van der Waals surface area (Å²) < 4.78 is 5.43. The van der Waals surface area contributed by atoms with Crippen LogP contribution < -0.4 is 10.6 Å². The topological polar surface area (TPSA) is 53.5 Å². The maximum atomic E-state index is 9.48. The summed E-state index contributed by atoms with van der Waals surface area (Å²) >= 11 is 4.97. The van der Waals surface area contributed by atoms with Crippen LogP contribution in [0.2, 0.25) is 0 Å². The van der Waals surface area contributed by atoms with E-state index < -0.39 is 6.10 Å². The van der Waals surface area contributed by atoms with Crippen molar-refractivity contribution in [3.63, 3.8) is 0 Å². The van der Waals surface area contributed by atoms with E-state index in [-0.39, 0.29) is 11.8 Å². The molecular weight excluding hydrogens is 176 g/mol. The quantitative estimate of drug-likeness (QED) is 0.440. The summed E-state index contributed by atoms with van der Waals surface area (Å²) in [6.07, 6.45) is 0.298. The highest BCUT2D eigenvalue weighted by Crippen LogP contribution is 2.25. The number of nitrogens with one attached hydrogen (secondary N) is 2. The van der Waals surface area contributed by atoms with Gasteiger partial charge >= 0.3 is 0 Å². The molecule has 0 aliphatic carbocycles. The van der Waals surface area contributed by atoms with E-state index in [4.69, 9.17) is 17.0 Å². The molecular formula is C7H12N2O2S. The standard InChI is InChI=1S/C7H12N2O2S/c1-7-2-4(5(10)3-11-7)8-6(12)9-7/h4-5,10H,2-3H2,1H3,(H2,8,9,12)/t4-,5-,7-/m1/s1. The van der Waals surface area contributed by atoms with Gasteiger partial charge in [0.1, 0.15) is 5.72 Å². The number of aliphatic hydroxyl groups excluding tert-OH is 1. The Morgan fingerprint density at radius 2 is 2.50 bits per heavy atom. The molecule has 2 heterocycles. The fourth-order valence-corrected chi connectivity index (χ4v) is 2.05. The van der Waals surface area contributed by atoms with Crippen LogP contribution in [0.1, 0.15) is 13.3 Å². The van der Waals surface area contributed by atoms with Gasteiger partial charge in [-0.3, -0.25) is 0 Å². The molecule has 5 heteroatoms. The van der Waals surface area contributed by atoms with Gasteiger partial charge in [-0.15, -0.1) is 0 Å². The SMILES string of the molecule is C[C@@]12C[C@@H](NC(=S)N1)[C@H](O)CO2. The summed E-state index contributed by atoms with van der Waals surface area (Å²) in [5.74, 6) is 0. The van der Waals surface area contributed by atoms with Crippen molar-refractivity contribution in [2.75, 3.05) is 6.61 Å². The zero-order valence-electron chi connectivity index (χ0n) is 6.83. The van der Waals surface area contributed by atoms with Gasteiger partial charge in [0.15, 0.2) is 5.11 Å². The number of rotatable bonds is 0. The van der Waals surface area contributed by atoms with Crippen LogP contribution in [-0.4, -0.2) is 34.7 Å². The van der Waals surface area contributed by atoms with Crippen molar-refractivity contribution in [2.24, 2.45) is 0 Å². The Balaban J connectivity index is 2.17. The third kappa shape index (κ3) is 1.28. The van der Waals surface area contributed by atoms with Crippen LogP contribution in [0.5, 0.6) is 0 Å². The van der Waals surface area contributed by atoms with Crippen LogP contribution in [0.3, 0.4) is 0 Å². The van der Waals surface area contributed by atoms with Crippen molar-refractivity contribution in [2.45, 2.75) is 31.2 Å². The Hall–Kier alpha value is -0.390. The molecule has 68 valence electrons. The Morgan fingerprint density at radius 3 is 3.25 bits per heavy atom. The van der Waals surface area contributed by atoms with E-state index in [0.29, 0.717) is 11.7 Å². The van der Waals surface area contributed by atoms with Gasteiger partial charge < -0.3 is 20.5 Å². The van der Waals surface area contributed by atoms with Crippen LogP contribution in [0.25, 0.3) is 0 Å². The van der Waals surface area contributed by atoms with Gasteiger partial charge in [0.2, 0.25) is 0 Å². The summed E-state index contributed by atoms with van der Waals surface area (Å²) in [5.41, 5.74) is -0.383. The fourth-order valence-electron chi connectivity index (χ4n) is 1.68. The van der Waals surface area contributed by atoms with E-state index in [2.05, 4.69) is 10.6 Å². The maximum Gasteiger partial charge on any atom is 0.168 e. The highest BCUT2D eigenvalue weighted by atomic mass is 32.1. The molecule has 2 saturated heterocycles. The molecule has 0 amide bonds. The molecule has 0 unspecified atom stereocenters.